The first-order valence-corrected chi connectivity index (χ1v) is 12.0. The van der Waals surface area contributed by atoms with Gasteiger partial charge in [-0.2, -0.15) is 0 Å². The van der Waals surface area contributed by atoms with Gasteiger partial charge < -0.3 is 5.11 Å². The van der Waals surface area contributed by atoms with Crippen LogP contribution in [-0.2, 0) is 12.8 Å². The summed E-state index contributed by atoms with van der Waals surface area (Å²) in [7, 11) is 0. The summed E-state index contributed by atoms with van der Waals surface area (Å²) in [5, 5.41) is 9.43. The molecule has 0 saturated heterocycles. The average molecular weight is 407 g/mol. The van der Waals surface area contributed by atoms with Crippen molar-refractivity contribution in [3.63, 3.8) is 0 Å². The second kappa shape index (κ2) is 11.3. The molecule has 2 aromatic carbocycles. The molecule has 2 heteroatoms. The lowest BCUT2D eigenvalue weighted by molar-refractivity contribution is 0.0695. The van der Waals surface area contributed by atoms with Crippen LogP contribution in [0.1, 0.15) is 98.2 Å². The van der Waals surface area contributed by atoms with Crippen molar-refractivity contribution in [2.45, 2.75) is 84.0 Å². The summed E-state index contributed by atoms with van der Waals surface area (Å²) >= 11 is 0. The molecule has 0 heterocycles. The van der Waals surface area contributed by atoms with E-state index in [1.807, 2.05) is 18.2 Å². The van der Waals surface area contributed by atoms with Crippen molar-refractivity contribution in [1.29, 1.82) is 0 Å². The van der Waals surface area contributed by atoms with Gasteiger partial charge >= 0.3 is 5.97 Å². The number of rotatable bonds is 10. The number of carboxylic acids is 1. The minimum atomic E-state index is -0.807. The lowest BCUT2D eigenvalue weighted by Crippen LogP contribution is -2.16. The zero-order chi connectivity index (χ0) is 21.3. The van der Waals surface area contributed by atoms with E-state index in [4.69, 9.17) is 0 Å². The molecule has 1 atom stereocenters. The highest BCUT2D eigenvalue weighted by molar-refractivity contribution is 5.89. The van der Waals surface area contributed by atoms with Crippen molar-refractivity contribution in [1.82, 2.24) is 0 Å². The van der Waals surface area contributed by atoms with Crippen LogP contribution in [0, 0.1) is 11.8 Å². The van der Waals surface area contributed by atoms with Crippen molar-refractivity contribution in [3.8, 4) is 0 Å². The summed E-state index contributed by atoms with van der Waals surface area (Å²) in [6.45, 7) is 4.42. The Morgan fingerprint density at radius 2 is 1.47 bits per heavy atom. The van der Waals surface area contributed by atoms with E-state index < -0.39 is 5.97 Å². The van der Waals surface area contributed by atoms with Gasteiger partial charge in [-0.3, -0.25) is 0 Å². The number of hydrogen-bond acceptors (Lipinski definition) is 1. The number of carbonyl (C=O) groups is 1. The molecule has 1 aliphatic rings. The van der Waals surface area contributed by atoms with E-state index in [9.17, 15) is 9.90 Å². The summed E-state index contributed by atoms with van der Waals surface area (Å²) in [4.78, 5) is 11.5. The van der Waals surface area contributed by atoms with Gasteiger partial charge in [0.15, 0.2) is 0 Å². The molecule has 30 heavy (non-hydrogen) atoms. The Labute approximate surface area is 182 Å². The first-order chi connectivity index (χ1) is 14.6. The Balaban J connectivity index is 1.39. The van der Waals surface area contributed by atoms with Crippen LogP contribution in [0.3, 0.4) is 0 Å². The third-order valence-electron chi connectivity index (χ3n) is 7.10. The highest BCUT2D eigenvalue weighted by Crippen LogP contribution is 2.36. The molecule has 1 saturated carbocycles. The average Bonchev–Trinajstić information content (AvgIpc) is 2.78. The van der Waals surface area contributed by atoms with Crippen molar-refractivity contribution in [2.75, 3.05) is 0 Å². The zero-order valence-corrected chi connectivity index (χ0v) is 18.8. The Bertz CT molecular complexity index is 785. The van der Waals surface area contributed by atoms with Gasteiger partial charge in [0.1, 0.15) is 0 Å². The lowest BCUT2D eigenvalue weighted by atomic mass is 9.76. The molecule has 0 spiro atoms. The number of benzene rings is 2. The number of hydrogen-bond donors (Lipinski definition) is 1. The molecule has 2 aromatic rings. The highest BCUT2D eigenvalue weighted by atomic mass is 16.4. The van der Waals surface area contributed by atoms with Crippen LogP contribution in [0.4, 0.5) is 0 Å². The molecular weight excluding hydrogens is 368 g/mol. The Morgan fingerprint density at radius 3 is 2.07 bits per heavy atom. The molecule has 0 aromatic heterocycles. The van der Waals surface area contributed by atoms with Gasteiger partial charge in [0.25, 0.3) is 0 Å². The maximum atomic E-state index is 11.5. The van der Waals surface area contributed by atoms with Crippen molar-refractivity contribution in [3.05, 3.63) is 70.8 Å². The third-order valence-corrected chi connectivity index (χ3v) is 7.10. The molecule has 2 nitrogen and oxygen atoms in total. The molecular formula is C28H38O2. The molecule has 1 N–H and O–H groups in total. The summed E-state index contributed by atoms with van der Waals surface area (Å²) in [5.41, 5.74) is 4.41. The summed E-state index contributed by atoms with van der Waals surface area (Å²) in [6.07, 6.45) is 12.6. The fourth-order valence-corrected chi connectivity index (χ4v) is 5.10. The molecule has 0 bridgehead atoms. The maximum absolute atomic E-state index is 11.5. The summed E-state index contributed by atoms with van der Waals surface area (Å²) in [6, 6.07) is 16.8. The Kier molecular flexibility index (Phi) is 8.54. The largest absolute Gasteiger partial charge is 0.478 e. The van der Waals surface area contributed by atoms with Crippen LogP contribution in [0.25, 0.3) is 0 Å². The van der Waals surface area contributed by atoms with Crippen molar-refractivity contribution >= 4 is 5.97 Å². The van der Waals surface area contributed by atoms with E-state index in [1.54, 1.807) is 6.07 Å². The number of aryl methyl sites for hydroxylation is 2. The Hall–Kier alpha value is -2.09. The first-order valence-electron chi connectivity index (χ1n) is 12.0. The van der Waals surface area contributed by atoms with Crippen molar-refractivity contribution in [2.24, 2.45) is 11.8 Å². The molecule has 0 amide bonds. The fraction of sp³-hybridized carbons (Fsp3) is 0.536. The molecule has 3 rings (SSSR count). The summed E-state index contributed by atoms with van der Waals surface area (Å²) in [5.74, 6) is 1.19. The topological polar surface area (TPSA) is 37.3 Å². The predicted molar refractivity (Wildman–Crippen MR) is 125 cm³/mol. The van der Waals surface area contributed by atoms with E-state index in [1.165, 1.54) is 68.9 Å². The smallest absolute Gasteiger partial charge is 0.335 e. The van der Waals surface area contributed by atoms with E-state index in [0.29, 0.717) is 11.5 Å². The van der Waals surface area contributed by atoms with Crippen LogP contribution >= 0.6 is 0 Å². The van der Waals surface area contributed by atoms with Crippen LogP contribution < -0.4 is 0 Å². The molecule has 0 radical (unpaired) electrons. The predicted octanol–water partition coefficient (Wildman–Crippen LogP) is 7.66. The van der Waals surface area contributed by atoms with Gasteiger partial charge in [0.2, 0.25) is 0 Å². The van der Waals surface area contributed by atoms with Gasteiger partial charge in [0, 0.05) is 0 Å². The lowest BCUT2D eigenvalue weighted by Gasteiger charge is -2.29. The van der Waals surface area contributed by atoms with Gasteiger partial charge in [-0.25, -0.2) is 4.79 Å². The van der Waals surface area contributed by atoms with Gasteiger partial charge in [-0.05, 0) is 72.6 Å². The second-order valence-corrected chi connectivity index (χ2v) is 9.36. The maximum Gasteiger partial charge on any atom is 0.335 e. The minimum absolute atomic E-state index is 0.311. The normalized spacial score (nSPS) is 20.1. The zero-order valence-electron chi connectivity index (χ0n) is 18.8. The SMILES string of the molecule is CCCc1ccc(CC[C@H]2CC[C@H](CCC(C)c3ccccc3C(=O)O)CC2)cc1. The van der Waals surface area contributed by atoms with Crippen molar-refractivity contribution < 1.29 is 9.90 Å². The van der Waals surface area contributed by atoms with Gasteiger partial charge in [-0.15, -0.1) is 0 Å². The number of carboxylic acid groups (broad SMARTS) is 1. The summed E-state index contributed by atoms with van der Waals surface area (Å²) < 4.78 is 0. The quantitative estimate of drug-likeness (QED) is 0.440. The van der Waals surface area contributed by atoms with Gasteiger partial charge in [-0.1, -0.05) is 88.4 Å². The van der Waals surface area contributed by atoms with Crippen LogP contribution in [0.5, 0.6) is 0 Å². The second-order valence-electron chi connectivity index (χ2n) is 9.36. The van der Waals surface area contributed by atoms with E-state index in [-0.39, 0.29) is 0 Å². The van der Waals surface area contributed by atoms with Crippen LogP contribution in [0.2, 0.25) is 0 Å². The molecule has 1 aliphatic carbocycles. The fourth-order valence-electron chi connectivity index (χ4n) is 5.10. The Morgan fingerprint density at radius 1 is 0.900 bits per heavy atom. The van der Waals surface area contributed by atoms with E-state index >= 15 is 0 Å². The molecule has 1 fully saturated rings. The molecule has 0 aliphatic heterocycles. The van der Waals surface area contributed by atoms with E-state index in [0.717, 1.165) is 23.8 Å². The molecule has 162 valence electrons. The molecule has 1 unspecified atom stereocenters. The van der Waals surface area contributed by atoms with Gasteiger partial charge in [0.05, 0.1) is 5.56 Å². The minimum Gasteiger partial charge on any atom is -0.478 e. The van der Waals surface area contributed by atoms with Crippen LogP contribution in [0.15, 0.2) is 48.5 Å². The van der Waals surface area contributed by atoms with Crippen LogP contribution in [-0.4, -0.2) is 11.1 Å². The third kappa shape index (κ3) is 6.45. The highest BCUT2D eigenvalue weighted by Gasteiger charge is 2.22. The number of aromatic carboxylic acids is 1. The first kappa shape index (κ1) is 22.6. The standard InChI is InChI=1S/C28H38O2/c1-3-6-22-11-13-24(14-12-22)19-20-25-17-15-23(16-18-25)10-9-21(2)26-7-4-5-8-27(26)28(29)30/h4-5,7-8,11-14,21,23,25H,3,6,9-10,15-20H2,1-2H3,(H,29,30)/t21?,23-,25-. The van der Waals surface area contributed by atoms with E-state index in [2.05, 4.69) is 38.1 Å². The monoisotopic (exact) mass is 406 g/mol.